The molecular weight excluding hydrogens is 330 g/mol. The van der Waals surface area contributed by atoms with Gasteiger partial charge in [-0.2, -0.15) is 0 Å². The molecule has 9 heteroatoms. The monoisotopic (exact) mass is 347 g/mol. The van der Waals surface area contributed by atoms with Crippen LogP contribution in [0.5, 0.6) is 0 Å². The van der Waals surface area contributed by atoms with E-state index in [0.717, 1.165) is 11.8 Å². The Hall–Kier alpha value is -2.81. The number of nitrogens with one attached hydrogen (secondary N) is 1. The van der Waals surface area contributed by atoms with Crippen molar-refractivity contribution in [2.24, 2.45) is 0 Å². The summed E-state index contributed by atoms with van der Waals surface area (Å²) in [5.74, 6) is -0.880. The molecule has 0 saturated carbocycles. The number of nitrogen functional groups attached to an aromatic ring is 2. The number of anilines is 3. The van der Waals surface area contributed by atoms with E-state index in [1.165, 1.54) is 18.2 Å². The van der Waals surface area contributed by atoms with Crippen molar-refractivity contribution in [2.45, 2.75) is 23.8 Å². The topological polar surface area (TPSA) is 144 Å². The fraction of sp³-hybridized carbons (Fsp3) is 0.200. The Kier molecular flexibility index (Phi) is 5.59. The predicted molar refractivity (Wildman–Crippen MR) is 92.8 cm³/mol. The van der Waals surface area contributed by atoms with Crippen LogP contribution in [-0.4, -0.2) is 32.2 Å². The minimum atomic E-state index is -1.06. The van der Waals surface area contributed by atoms with E-state index in [4.69, 9.17) is 16.6 Å². The summed E-state index contributed by atoms with van der Waals surface area (Å²) < 4.78 is 0. The van der Waals surface area contributed by atoms with E-state index in [1.54, 1.807) is 12.1 Å². The van der Waals surface area contributed by atoms with Crippen molar-refractivity contribution in [1.29, 1.82) is 0 Å². The van der Waals surface area contributed by atoms with Crippen molar-refractivity contribution in [2.75, 3.05) is 16.8 Å². The molecule has 1 heterocycles. The summed E-state index contributed by atoms with van der Waals surface area (Å²) in [4.78, 5) is 31.5. The molecule has 1 atom stereocenters. The van der Waals surface area contributed by atoms with Gasteiger partial charge in [0.25, 0.3) is 0 Å². The van der Waals surface area contributed by atoms with Gasteiger partial charge in [0, 0.05) is 11.8 Å². The van der Waals surface area contributed by atoms with Gasteiger partial charge in [-0.3, -0.25) is 4.79 Å². The molecule has 0 aliphatic heterocycles. The summed E-state index contributed by atoms with van der Waals surface area (Å²) in [5, 5.41) is 11.5. The number of hydrogen-bond acceptors (Lipinski definition) is 7. The van der Waals surface area contributed by atoms with E-state index >= 15 is 0 Å². The van der Waals surface area contributed by atoms with Crippen molar-refractivity contribution >= 4 is 41.0 Å². The molecule has 2 rings (SSSR count). The summed E-state index contributed by atoms with van der Waals surface area (Å²) in [6.45, 7) is 1.85. The maximum Gasteiger partial charge on any atom is 0.335 e. The Morgan fingerprint density at radius 1 is 1.25 bits per heavy atom. The third-order valence-corrected chi connectivity index (χ3v) is 4.26. The molecule has 126 valence electrons. The fourth-order valence-corrected chi connectivity index (χ4v) is 2.82. The maximum atomic E-state index is 12.4. The number of aromatic nitrogens is 2. The van der Waals surface area contributed by atoms with Gasteiger partial charge in [-0.15, -0.1) is 0 Å². The van der Waals surface area contributed by atoms with Gasteiger partial charge >= 0.3 is 5.97 Å². The number of aromatic carboxylic acids is 1. The number of carbonyl (C=O) groups is 2. The van der Waals surface area contributed by atoms with Crippen LogP contribution < -0.4 is 16.8 Å². The van der Waals surface area contributed by atoms with Gasteiger partial charge in [0.1, 0.15) is 11.6 Å². The molecular formula is C15H17N5O3S. The molecule has 1 unspecified atom stereocenters. The molecule has 1 aromatic carbocycles. The Morgan fingerprint density at radius 2 is 1.92 bits per heavy atom. The minimum absolute atomic E-state index is 0.0976. The molecule has 2 aromatic rings. The first kappa shape index (κ1) is 17.5. The summed E-state index contributed by atoms with van der Waals surface area (Å²) in [6.07, 6.45) is 0.521. The molecule has 1 amide bonds. The van der Waals surface area contributed by atoms with Crippen molar-refractivity contribution in [1.82, 2.24) is 9.97 Å². The average Bonchev–Trinajstić information content (AvgIpc) is 2.51. The second kappa shape index (κ2) is 7.64. The van der Waals surface area contributed by atoms with Crippen LogP contribution in [0.1, 0.15) is 23.7 Å². The number of thioether (sulfide) groups is 1. The first-order valence-electron chi connectivity index (χ1n) is 7.10. The quantitative estimate of drug-likeness (QED) is 0.457. The summed E-state index contributed by atoms with van der Waals surface area (Å²) in [6, 6.07) is 7.47. The van der Waals surface area contributed by atoms with Crippen LogP contribution in [0.25, 0.3) is 0 Å². The molecule has 0 spiro atoms. The van der Waals surface area contributed by atoms with E-state index in [2.05, 4.69) is 15.3 Å². The summed E-state index contributed by atoms with van der Waals surface area (Å²) in [5.41, 5.74) is 11.7. The Morgan fingerprint density at radius 3 is 2.50 bits per heavy atom. The second-order valence-electron chi connectivity index (χ2n) is 4.89. The minimum Gasteiger partial charge on any atom is -0.478 e. The zero-order valence-corrected chi connectivity index (χ0v) is 13.7. The molecule has 0 aliphatic rings. The lowest BCUT2D eigenvalue weighted by Gasteiger charge is -2.14. The highest BCUT2D eigenvalue weighted by atomic mass is 32.2. The van der Waals surface area contributed by atoms with E-state index in [9.17, 15) is 9.59 Å². The third-order valence-electron chi connectivity index (χ3n) is 3.03. The van der Waals surface area contributed by atoms with Crippen LogP contribution >= 0.6 is 11.8 Å². The number of benzene rings is 1. The van der Waals surface area contributed by atoms with Gasteiger partial charge < -0.3 is 21.9 Å². The highest BCUT2D eigenvalue weighted by molar-refractivity contribution is 8.00. The van der Waals surface area contributed by atoms with E-state index in [1.807, 2.05) is 6.92 Å². The van der Waals surface area contributed by atoms with Gasteiger partial charge in [0.05, 0.1) is 10.8 Å². The molecule has 0 fully saturated rings. The maximum absolute atomic E-state index is 12.4. The number of nitrogens with two attached hydrogens (primary N) is 2. The molecule has 0 bridgehead atoms. The zero-order valence-electron chi connectivity index (χ0n) is 12.9. The van der Waals surface area contributed by atoms with E-state index < -0.39 is 11.2 Å². The van der Waals surface area contributed by atoms with Crippen LogP contribution in [0.2, 0.25) is 0 Å². The molecule has 0 saturated heterocycles. The van der Waals surface area contributed by atoms with Gasteiger partial charge in [-0.1, -0.05) is 24.8 Å². The van der Waals surface area contributed by atoms with Gasteiger partial charge in [-0.05, 0) is 24.6 Å². The van der Waals surface area contributed by atoms with Crippen LogP contribution in [0, 0.1) is 0 Å². The fourth-order valence-electron chi connectivity index (χ4n) is 1.92. The Labute approximate surface area is 142 Å². The van der Waals surface area contributed by atoms with Crippen LogP contribution in [0.4, 0.5) is 17.3 Å². The van der Waals surface area contributed by atoms with Crippen molar-refractivity contribution in [3.8, 4) is 0 Å². The summed E-state index contributed by atoms with van der Waals surface area (Å²) in [7, 11) is 0. The van der Waals surface area contributed by atoms with Crippen LogP contribution in [0.15, 0.2) is 35.5 Å². The van der Waals surface area contributed by atoms with Gasteiger partial charge in [-0.25, -0.2) is 14.8 Å². The van der Waals surface area contributed by atoms with Gasteiger partial charge in [0.15, 0.2) is 5.16 Å². The normalized spacial score (nSPS) is 11.7. The van der Waals surface area contributed by atoms with E-state index in [-0.39, 0.29) is 23.1 Å². The number of hydrogen-bond donors (Lipinski definition) is 4. The number of carboxylic acids is 1. The third kappa shape index (κ3) is 4.59. The number of carbonyl (C=O) groups excluding carboxylic acids is 1. The molecule has 0 radical (unpaired) electrons. The van der Waals surface area contributed by atoms with Gasteiger partial charge in [0.2, 0.25) is 5.91 Å². The van der Waals surface area contributed by atoms with Crippen LogP contribution in [0.3, 0.4) is 0 Å². The standard InChI is InChI=1S/C15H17N5O3S/c1-2-10(24-15-19-11(16)7-12(17)20-15)13(21)18-9-5-3-4-8(6-9)14(22)23/h3-7,10H,2H2,1H3,(H,18,21)(H,22,23)(H4,16,17,19,20). The summed E-state index contributed by atoms with van der Waals surface area (Å²) >= 11 is 1.14. The number of nitrogens with zero attached hydrogens (tertiary/aromatic N) is 2. The highest BCUT2D eigenvalue weighted by Gasteiger charge is 2.20. The SMILES string of the molecule is CCC(Sc1nc(N)cc(N)n1)C(=O)Nc1cccc(C(=O)O)c1. The Balaban J connectivity index is 2.11. The molecule has 8 nitrogen and oxygen atoms in total. The van der Waals surface area contributed by atoms with Crippen molar-refractivity contribution < 1.29 is 14.7 Å². The lowest BCUT2D eigenvalue weighted by molar-refractivity contribution is -0.115. The lowest BCUT2D eigenvalue weighted by Crippen LogP contribution is -2.25. The molecule has 6 N–H and O–H groups in total. The number of carboxylic acid groups (broad SMARTS) is 1. The second-order valence-corrected chi connectivity index (χ2v) is 6.06. The van der Waals surface area contributed by atoms with Crippen molar-refractivity contribution in [3.05, 3.63) is 35.9 Å². The Bertz CT molecular complexity index is 748. The first-order valence-corrected chi connectivity index (χ1v) is 7.98. The average molecular weight is 347 g/mol. The smallest absolute Gasteiger partial charge is 0.335 e. The number of rotatable bonds is 6. The highest BCUT2D eigenvalue weighted by Crippen LogP contribution is 2.25. The molecule has 0 aliphatic carbocycles. The number of amides is 1. The largest absolute Gasteiger partial charge is 0.478 e. The van der Waals surface area contributed by atoms with Crippen LogP contribution in [-0.2, 0) is 4.79 Å². The predicted octanol–water partition coefficient (Wildman–Crippen LogP) is 1.85. The zero-order chi connectivity index (χ0) is 17.7. The lowest BCUT2D eigenvalue weighted by atomic mass is 10.2. The molecule has 24 heavy (non-hydrogen) atoms. The molecule has 1 aromatic heterocycles. The first-order chi connectivity index (χ1) is 11.4. The van der Waals surface area contributed by atoms with Crippen molar-refractivity contribution in [3.63, 3.8) is 0 Å². The van der Waals surface area contributed by atoms with E-state index in [0.29, 0.717) is 17.3 Å².